The molecule has 0 aromatic heterocycles. The van der Waals surface area contributed by atoms with E-state index in [-0.39, 0.29) is 29.9 Å². The Kier molecular flexibility index (Phi) is 8.91. The van der Waals surface area contributed by atoms with Crippen molar-refractivity contribution in [3.63, 3.8) is 0 Å². The molecule has 0 radical (unpaired) electrons. The van der Waals surface area contributed by atoms with Crippen molar-refractivity contribution in [2.75, 3.05) is 13.2 Å². The molecule has 2 rings (SSSR count). The highest BCUT2D eigenvalue weighted by Crippen LogP contribution is 2.29. The quantitative estimate of drug-likeness (QED) is 0.457. The van der Waals surface area contributed by atoms with E-state index in [0.29, 0.717) is 47.7 Å². The minimum Gasteiger partial charge on any atom is -0.507 e. The molecule has 0 heterocycles. The highest BCUT2D eigenvalue weighted by molar-refractivity contribution is 6.10. The third kappa shape index (κ3) is 7.63. The molecule has 0 unspecified atom stereocenters. The van der Waals surface area contributed by atoms with Crippen LogP contribution < -0.4 is 9.47 Å². The number of rotatable bonds is 12. The van der Waals surface area contributed by atoms with Crippen molar-refractivity contribution in [1.82, 2.24) is 0 Å². The van der Waals surface area contributed by atoms with Crippen molar-refractivity contribution < 1.29 is 29.3 Å². The summed E-state index contributed by atoms with van der Waals surface area (Å²) in [7, 11) is 0. The number of aromatic hydroxyl groups is 1. The Balaban J connectivity index is 2.23. The maximum Gasteiger partial charge on any atom is 0.303 e. The van der Waals surface area contributed by atoms with E-state index in [1.165, 1.54) is 6.07 Å². The number of aliphatic carboxylic acids is 1. The van der Waals surface area contributed by atoms with Crippen LogP contribution in [0, 0.1) is 11.8 Å². The minimum absolute atomic E-state index is 0.0661. The third-order valence-electron chi connectivity index (χ3n) is 4.68. The summed E-state index contributed by atoms with van der Waals surface area (Å²) in [5.41, 5.74) is 1.18. The Bertz CT molecular complexity index is 901. The van der Waals surface area contributed by atoms with Gasteiger partial charge in [0.25, 0.3) is 0 Å². The maximum atomic E-state index is 13.0. The molecule has 0 aliphatic carbocycles. The van der Waals surface area contributed by atoms with Gasteiger partial charge in [-0.15, -0.1) is 0 Å². The molecule has 0 aliphatic heterocycles. The van der Waals surface area contributed by atoms with Crippen molar-refractivity contribution in [2.24, 2.45) is 11.8 Å². The molecule has 0 aliphatic rings. The van der Waals surface area contributed by atoms with Crippen molar-refractivity contribution in [3.8, 4) is 17.2 Å². The summed E-state index contributed by atoms with van der Waals surface area (Å²) >= 11 is 0. The Hall–Kier alpha value is -3.02. The van der Waals surface area contributed by atoms with Crippen LogP contribution in [0.15, 0.2) is 36.4 Å². The van der Waals surface area contributed by atoms with Crippen LogP contribution in [0.25, 0.3) is 0 Å². The number of carbonyl (C=O) groups is 2. The fraction of sp³-hybridized carbons (Fsp3) is 0.440. The fourth-order valence-corrected chi connectivity index (χ4v) is 2.92. The molecule has 0 fully saturated rings. The lowest BCUT2D eigenvalue weighted by Crippen LogP contribution is -2.09. The van der Waals surface area contributed by atoms with E-state index in [9.17, 15) is 14.7 Å². The van der Waals surface area contributed by atoms with Gasteiger partial charge < -0.3 is 19.7 Å². The molecule has 6 nitrogen and oxygen atoms in total. The zero-order valence-corrected chi connectivity index (χ0v) is 18.7. The van der Waals surface area contributed by atoms with Crippen molar-refractivity contribution in [3.05, 3.63) is 53.1 Å². The summed E-state index contributed by atoms with van der Waals surface area (Å²) < 4.78 is 11.4. The fourth-order valence-electron chi connectivity index (χ4n) is 2.92. The SMILES string of the molecule is CC(C)CCOc1ccc(C(=O)c2ccc(OCC(C)C)c(CCC(=O)O)c2)c(O)c1. The molecule has 2 aromatic carbocycles. The largest absolute Gasteiger partial charge is 0.507 e. The lowest BCUT2D eigenvalue weighted by atomic mass is 9.98. The molecule has 0 amide bonds. The van der Waals surface area contributed by atoms with Gasteiger partial charge in [-0.25, -0.2) is 0 Å². The van der Waals surface area contributed by atoms with E-state index in [2.05, 4.69) is 13.8 Å². The average Bonchev–Trinajstić information content (AvgIpc) is 2.70. The molecule has 2 N–H and O–H groups in total. The summed E-state index contributed by atoms with van der Waals surface area (Å²) in [6, 6.07) is 9.62. The first-order valence-electron chi connectivity index (χ1n) is 10.7. The van der Waals surface area contributed by atoms with Crippen LogP contribution in [0.1, 0.15) is 62.0 Å². The number of carbonyl (C=O) groups excluding carboxylic acids is 1. The number of phenols is 1. The smallest absolute Gasteiger partial charge is 0.303 e. The Labute approximate surface area is 183 Å². The molecular formula is C25H32O6. The summed E-state index contributed by atoms with van der Waals surface area (Å²) in [5.74, 6) is 0.484. The second kappa shape index (κ2) is 11.4. The van der Waals surface area contributed by atoms with E-state index < -0.39 is 5.97 Å². The molecular weight excluding hydrogens is 396 g/mol. The number of hydrogen-bond acceptors (Lipinski definition) is 5. The highest BCUT2D eigenvalue weighted by atomic mass is 16.5. The van der Waals surface area contributed by atoms with Gasteiger partial charge in [0.2, 0.25) is 0 Å². The van der Waals surface area contributed by atoms with E-state index in [4.69, 9.17) is 14.6 Å². The number of benzene rings is 2. The summed E-state index contributed by atoms with van der Waals surface area (Å²) in [6.07, 6.45) is 1.08. The van der Waals surface area contributed by atoms with Crippen molar-refractivity contribution in [1.29, 1.82) is 0 Å². The summed E-state index contributed by atoms with van der Waals surface area (Å²) in [5, 5.41) is 19.4. The molecule has 0 saturated heterocycles. The van der Waals surface area contributed by atoms with E-state index in [0.717, 1.165) is 6.42 Å². The van der Waals surface area contributed by atoms with Gasteiger partial charge in [-0.1, -0.05) is 27.7 Å². The number of phenolic OH excluding ortho intramolecular Hbond substituents is 1. The first-order valence-corrected chi connectivity index (χ1v) is 10.7. The zero-order chi connectivity index (χ0) is 23.0. The first-order chi connectivity index (χ1) is 14.7. The van der Waals surface area contributed by atoms with Crippen LogP contribution in [-0.2, 0) is 11.2 Å². The maximum absolute atomic E-state index is 13.0. The second-order valence-corrected chi connectivity index (χ2v) is 8.46. The van der Waals surface area contributed by atoms with Crippen LogP contribution in [-0.4, -0.2) is 35.2 Å². The topological polar surface area (TPSA) is 93.1 Å². The lowest BCUT2D eigenvalue weighted by Gasteiger charge is -2.14. The molecule has 168 valence electrons. The predicted molar refractivity (Wildman–Crippen MR) is 119 cm³/mol. The van der Waals surface area contributed by atoms with E-state index in [1.54, 1.807) is 30.3 Å². The van der Waals surface area contributed by atoms with Crippen LogP contribution in [0.4, 0.5) is 0 Å². The van der Waals surface area contributed by atoms with E-state index in [1.807, 2.05) is 13.8 Å². The average molecular weight is 429 g/mol. The van der Waals surface area contributed by atoms with Crippen LogP contribution in [0.2, 0.25) is 0 Å². The number of carboxylic acids is 1. The highest BCUT2D eigenvalue weighted by Gasteiger charge is 2.17. The van der Waals surface area contributed by atoms with Crippen LogP contribution in [0.5, 0.6) is 17.2 Å². The second-order valence-electron chi connectivity index (χ2n) is 8.46. The standard InChI is InChI=1S/C25H32O6/c1-16(2)11-12-30-20-7-8-21(22(26)14-20)25(29)19-5-9-23(31-15-17(3)4)18(13-19)6-10-24(27)28/h5,7-9,13-14,16-17,26H,6,10-12,15H2,1-4H3,(H,27,28). The van der Waals surface area contributed by atoms with Crippen molar-refractivity contribution >= 4 is 11.8 Å². The first kappa shape index (κ1) is 24.3. The molecule has 0 bridgehead atoms. The lowest BCUT2D eigenvalue weighted by molar-refractivity contribution is -0.136. The monoisotopic (exact) mass is 428 g/mol. The van der Waals surface area contributed by atoms with Gasteiger partial charge in [-0.3, -0.25) is 9.59 Å². The number of ether oxygens (including phenoxy) is 2. The van der Waals surface area contributed by atoms with Crippen molar-refractivity contribution in [2.45, 2.75) is 47.0 Å². The number of carboxylic acid groups (broad SMARTS) is 1. The molecule has 31 heavy (non-hydrogen) atoms. The van der Waals surface area contributed by atoms with Gasteiger partial charge in [0, 0.05) is 18.1 Å². The van der Waals surface area contributed by atoms with Crippen LogP contribution >= 0.6 is 0 Å². The molecule has 0 saturated carbocycles. The Morgan fingerprint density at radius 1 is 0.968 bits per heavy atom. The molecule has 0 atom stereocenters. The summed E-state index contributed by atoms with van der Waals surface area (Å²) in [4.78, 5) is 24.0. The Morgan fingerprint density at radius 3 is 2.32 bits per heavy atom. The molecule has 0 spiro atoms. The predicted octanol–water partition coefficient (Wildman–Crippen LogP) is 5.10. The van der Waals surface area contributed by atoms with Gasteiger partial charge in [0.15, 0.2) is 5.78 Å². The number of aryl methyl sites for hydroxylation is 1. The van der Waals surface area contributed by atoms with Gasteiger partial charge in [0.1, 0.15) is 17.2 Å². The third-order valence-corrected chi connectivity index (χ3v) is 4.68. The minimum atomic E-state index is -0.919. The van der Waals surface area contributed by atoms with Gasteiger partial charge in [-0.05, 0) is 60.6 Å². The van der Waals surface area contributed by atoms with Gasteiger partial charge in [0.05, 0.1) is 18.8 Å². The van der Waals surface area contributed by atoms with E-state index >= 15 is 0 Å². The number of ketones is 1. The van der Waals surface area contributed by atoms with Gasteiger partial charge in [-0.2, -0.15) is 0 Å². The normalized spacial score (nSPS) is 11.0. The Morgan fingerprint density at radius 2 is 1.71 bits per heavy atom. The van der Waals surface area contributed by atoms with Crippen LogP contribution in [0.3, 0.4) is 0 Å². The number of hydrogen-bond donors (Lipinski definition) is 2. The summed E-state index contributed by atoms with van der Waals surface area (Å²) in [6.45, 7) is 9.28. The zero-order valence-electron chi connectivity index (χ0n) is 18.7. The molecule has 2 aromatic rings. The van der Waals surface area contributed by atoms with Gasteiger partial charge >= 0.3 is 5.97 Å². The molecule has 6 heteroatoms.